The molecule has 4 nitrogen and oxygen atoms in total. The molecule has 1 fully saturated rings. The van der Waals surface area contributed by atoms with E-state index in [1.807, 2.05) is 22.9 Å². The van der Waals surface area contributed by atoms with E-state index in [0.29, 0.717) is 5.41 Å². The van der Waals surface area contributed by atoms with Gasteiger partial charge in [0.25, 0.3) is 0 Å². The fraction of sp³-hybridized carbons (Fsp3) is 0.625. The van der Waals surface area contributed by atoms with E-state index in [1.54, 1.807) is 0 Å². The van der Waals surface area contributed by atoms with E-state index in [9.17, 15) is 0 Å². The van der Waals surface area contributed by atoms with Crippen molar-refractivity contribution in [1.82, 2.24) is 19.9 Å². The van der Waals surface area contributed by atoms with Crippen LogP contribution < -0.4 is 0 Å². The summed E-state index contributed by atoms with van der Waals surface area (Å²) in [6, 6.07) is 8.17. The van der Waals surface area contributed by atoms with Gasteiger partial charge >= 0.3 is 0 Å². The normalized spacial score (nSPS) is 18.8. The lowest BCUT2D eigenvalue weighted by atomic mass is 9.75. The van der Waals surface area contributed by atoms with E-state index in [4.69, 9.17) is 0 Å². The maximum absolute atomic E-state index is 4.28. The molecule has 1 saturated heterocycles. The van der Waals surface area contributed by atoms with Gasteiger partial charge in [-0.2, -0.15) is 0 Å². The Morgan fingerprint density at radius 2 is 1.85 bits per heavy atom. The Morgan fingerprint density at radius 3 is 2.55 bits per heavy atom. The molecule has 1 aliphatic rings. The third-order valence-corrected chi connectivity index (χ3v) is 4.57. The summed E-state index contributed by atoms with van der Waals surface area (Å²) in [7, 11) is 0. The third-order valence-electron chi connectivity index (χ3n) is 4.57. The van der Waals surface area contributed by atoms with E-state index in [2.05, 4.69) is 42.0 Å². The van der Waals surface area contributed by atoms with Crippen LogP contribution >= 0.6 is 0 Å². The van der Waals surface area contributed by atoms with Gasteiger partial charge in [0.05, 0.1) is 12.2 Å². The molecule has 2 heterocycles. The molecule has 3 rings (SSSR count). The van der Waals surface area contributed by atoms with Crippen LogP contribution in [0.2, 0.25) is 0 Å². The number of likely N-dealkylation sites (tertiary alicyclic amines) is 1. The number of benzene rings is 1. The summed E-state index contributed by atoms with van der Waals surface area (Å²) in [5.41, 5.74) is 2.55. The summed E-state index contributed by atoms with van der Waals surface area (Å²) < 4.78 is 2.02. The van der Waals surface area contributed by atoms with Crippen LogP contribution in [-0.2, 0) is 6.67 Å². The molecule has 1 aromatic heterocycles. The van der Waals surface area contributed by atoms with Gasteiger partial charge in [-0.3, -0.25) is 4.90 Å². The first-order valence-corrected chi connectivity index (χ1v) is 7.54. The standard InChI is InChI=1S/C16H24N4/c1-16(2,3)13-8-10-19(11-9-13)12-20-15-7-5-4-6-14(15)17-18-20/h4-7,13H,8-12H2,1-3H3. The second-order valence-corrected chi connectivity index (χ2v) is 6.98. The third kappa shape index (κ3) is 2.70. The van der Waals surface area contributed by atoms with Crippen LogP contribution in [0, 0.1) is 11.3 Å². The van der Waals surface area contributed by atoms with Gasteiger partial charge in [0.1, 0.15) is 5.52 Å². The minimum Gasteiger partial charge on any atom is -0.284 e. The van der Waals surface area contributed by atoms with E-state index in [-0.39, 0.29) is 0 Å². The van der Waals surface area contributed by atoms with Gasteiger partial charge in [-0.25, -0.2) is 4.68 Å². The van der Waals surface area contributed by atoms with Crippen molar-refractivity contribution in [2.45, 2.75) is 40.3 Å². The average molecular weight is 272 g/mol. The van der Waals surface area contributed by atoms with Crippen LogP contribution in [0.25, 0.3) is 11.0 Å². The minimum atomic E-state index is 0.437. The van der Waals surface area contributed by atoms with Crippen molar-refractivity contribution in [3.63, 3.8) is 0 Å². The zero-order valence-corrected chi connectivity index (χ0v) is 12.7. The van der Waals surface area contributed by atoms with Crippen molar-refractivity contribution in [3.8, 4) is 0 Å². The second kappa shape index (κ2) is 5.17. The highest BCUT2D eigenvalue weighted by Crippen LogP contribution is 2.34. The van der Waals surface area contributed by atoms with E-state index < -0.39 is 0 Å². The molecule has 0 spiro atoms. The van der Waals surface area contributed by atoms with Gasteiger partial charge in [0, 0.05) is 13.1 Å². The molecular weight excluding hydrogens is 248 g/mol. The van der Waals surface area contributed by atoms with Crippen molar-refractivity contribution in [1.29, 1.82) is 0 Å². The van der Waals surface area contributed by atoms with Gasteiger partial charge in [-0.15, -0.1) is 5.10 Å². The molecule has 1 aliphatic heterocycles. The summed E-state index contributed by atoms with van der Waals surface area (Å²) in [5.74, 6) is 0.839. The lowest BCUT2D eigenvalue weighted by Gasteiger charge is -2.38. The molecule has 0 atom stereocenters. The number of piperidine rings is 1. The Bertz CT molecular complexity index is 573. The number of fused-ring (bicyclic) bond motifs is 1. The highest BCUT2D eigenvalue weighted by atomic mass is 15.5. The van der Waals surface area contributed by atoms with Crippen LogP contribution in [0.5, 0.6) is 0 Å². The maximum Gasteiger partial charge on any atom is 0.113 e. The molecule has 0 amide bonds. The van der Waals surface area contributed by atoms with Crippen LogP contribution in [-0.4, -0.2) is 33.0 Å². The smallest absolute Gasteiger partial charge is 0.113 e. The molecule has 1 aromatic carbocycles. The summed E-state index contributed by atoms with van der Waals surface area (Å²) >= 11 is 0. The number of hydrogen-bond acceptors (Lipinski definition) is 3. The Kier molecular flexibility index (Phi) is 3.50. The summed E-state index contributed by atoms with van der Waals surface area (Å²) in [4.78, 5) is 2.49. The van der Waals surface area contributed by atoms with Gasteiger partial charge in [0.15, 0.2) is 0 Å². The molecule has 108 valence electrons. The molecule has 0 aliphatic carbocycles. The Hall–Kier alpha value is -1.42. The van der Waals surface area contributed by atoms with Crippen molar-refractivity contribution in [2.24, 2.45) is 11.3 Å². The van der Waals surface area contributed by atoms with E-state index >= 15 is 0 Å². The monoisotopic (exact) mass is 272 g/mol. The van der Waals surface area contributed by atoms with Crippen LogP contribution in [0.1, 0.15) is 33.6 Å². The quantitative estimate of drug-likeness (QED) is 0.842. The first kappa shape index (κ1) is 13.6. The largest absolute Gasteiger partial charge is 0.284 e. The molecule has 0 radical (unpaired) electrons. The highest BCUT2D eigenvalue weighted by molar-refractivity contribution is 5.73. The first-order chi connectivity index (χ1) is 9.54. The summed E-state index contributed by atoms with van der Waals surface area (Å²) in [5, 5.41) is 8.51. The average Bonchev–Trinajstić information content (AvgIpc) is 2.82. The topological polar surface area (TPSA) is 34.0 Å². The zero-order valence-electron chi connectivity index (χ0n) is 12.7. The Labute approximate surface area is 120 Å². The second-order valence-electron chi connectivity index (χ2n) is 6.98. The van der Waals surface area contributed by atoms with Crippen molar-refractivity contribution in [2.75, 3.05) is 13.1 Å². The van der Waals surface area contributed by atoms with E-state index in [0.717, 1.165) is 36.7 Å². The number of nitrogens with zero attached hydrogens (tertiary/aromatic N) is 4. The molecule has 4 heteroatoms. The number of aromatic nitrogens is 3. The molecule has 0 bridgehead atoms. The first-order valence-electron chi connectivity index (χ1n) is 7.54. The zero-order chi connectivity index (χ0) is 14.2. The van der Waals surface area contributed by atoms with Crippen molar-refractivity contribution >= 4 is 11.0 Å². The SMILES string of the molecule is CC(C)(C)C1CCN(Cn2nnc3ccccc32)CC1. The van der Waals surface area contributed by atoms with Crippen molar-refractivity contribution in [3.05, 3.63) is 24.3 Å². The number of hydrogen-bond donors (Lipinski definition) is 0. The highest BCUT2D eigenvalue weighted by Gasteiger charge is 2.28. The predicted octanol–water partition coefficient (Wildman–Crippen LogP) is 3.15. The van der Waals surface area contributed by atoms with Crippen LogP contribution in [0.15, 0.2) is 24.3 Å². The summed E-state index contributed by atoms with van der Waals surface area (Å²) in [6.45, 7) is 10.3. The number of para-hydroxylation sites is 1. The fourth-order valence-electron chi connectivity index (χ4n) is 3.15. The molecule has 0 N–H and O–H groups in total. The molecule has 0 saturated carbocycles. The molecule has 2 aromatic rings. The van der Waals surface area contributed by atoms with Gasteiger partial charge in [-0.05, 0) is 36.3 Å². The molecule has 20 heavy (non-hydrogen) atoms. The predicted molar refractivity (Wildman–Crippen MR) is 81.3 cm³/mol. The molecular formula is C16H24N4. The van der Waals surface area contributed by atoms with E-state index in [1.165, 1.54) is 12.8 Å². The maximum atomic E-state index is 4.28. The van der Waals surface area contributed by atoms with Crippen LogP contribution in [0.3, 0.4) is 0 Å². The number of rotatable bonds is 2. The van der Waals surface area contributed by atoms with Gasteiger partial charge in [0.2, 0.25) is 0 Å². The Morgan fingerprint density at radius 1 is 1.15 bits per heavy atom. The summed E-state index contributed by atoms with van der Waals surface area (Å²) in [6.07, 6.45) is 2.58. The fourth-order valence-corrected chi connectivity index (χ4v) is 3.15. The van der Waals surface area contributed by atoms with Gasteiger partial charge < -0.3 is 0 Å². The van der Waals surface area contributed by atoms with Crippen molar-refractivity contribution < 1.29 is 0 Å². The lowest BCUT2D eigenvalue weighted by molar-refractivity contribution is 0.0894. The van der Waals surface area contributed by atoms with Gasteiger partial charge in [-0.1, -0.05) is 38.1 Å². The Balaban J connectivity index is 1.65. The lowest BCUT2D eigenvalue weighted by Crippen LogP contribution is -2.39. The molecule has 0 unspecified atom stereocenters. The van der Waals surface area contributed by atoms with Crippen LogP contribution in [0.4, 0.5) is 0 Å². The minimum absolute atomic E-state index is 0.437.